The number of carbonyl (C=O) groups excluding carboxylic acids is 3. The van der Waals surface area contributed by atoms with Crippen LogP contribution in [-0.4, -0.2) is 51.3 Å². The van der Waals surface area contributed by atoms with Gasteiger partial charge in [-0.3, -0.25) is 29.3 Å². The van der Waals surface area contributed by atoms with Gasteiger partial charge >= 0.3 is 0 Å². The first-order chi connectivity index (χ1) is 24.7. The maximum atomic E-state index is 13.4. The summed E-state index contributed by atoms with van der Waals surface area (Å²) in [4.78, 5) is 44.1. The molecule has 0 aliphatic carbocycles. The van der Waals surface area contributed by atoms with E-state index in [0.29, 0.717) is 28.6 Å². The Morgan fingerprint density at radius 3 is 2.73 bits per heavy atom. The van der Waals surface area contributed by atoms with Crippen LogP contribution in [0, 0.1) is 20.8 Å². The molecule has 2 N–H and O–H groups in total. The monoisotopic (exact) mass is 720 g/mol. The number of imide groups is 1. The number of hydrogen-bond acceptors (Lipinski definition) is 9. The quantitative estimate of drug-likeness (QED) is 0.130. The van der Waals surface area contributed by atoms with Gasteiger partial charge in [0.05, 0.1) is 30.9 Å². The molecule has 0 bridgehead atoms. The van der Waals surface area contributed by atoms with E-state index in [0.717, 1.165) is 54.9 Å². The first-order valence-corrected chi connectivity index (χ1v) is 17.9. The van der Waals surface area contributed by atoms with Crippen molar-refractivity contribution in [3.8, 4) is 10.8 Å². The molecule has 51 heavy (non-hydrogen) atoms. The van der Waals surface area contributed by atoms with E-state index in [9.17, 15) is 14.4 Å². The minimum absolute atomic E-state index is 0.0778. The molecule has 1 unspecified atom stereocenters. The van der Waals surface area contributed by atoms with Gasteiger partial charge in [-0.2, -0.15) is 0 Å². The van der Waals surface area contributed by atoms with Gasteiger partial charge in [0.15, 0.2) is 5.82 Å². The fraction of sp³-hybridized carbons (Fsp3) is 0.263. The number of carbonyl (C=O) groups is 3. The Hall–Kier alpha value is -5.33. The Bertz CT molecular complexity index is 2410. The Balaban J connectivity index is 0.974. The fourth-order valence-electron chi connectivity index (χ4n) is 6.95. The summed E-state index contributed by atoms with van der Waals surface area (Å²) in [5.74, 6) is 0.792. The van der Waals surface area contributed by atoms with Crippen molar-refractivity contribution in [1.82, 2.24) is 25.4 Å². The average molecular weight is 721 g/mol. The van der Waals surface area contributed by atoms with E-state index in [1.165, 1.54) is 4.88 Å². The van der Waals surface area contributed by atoms with E-state index in [1.54, 1.807) is 17.6 Å². The van der Waals surface area contributed by atoms with E-state index < -0.39 is 12.0 Å². The van der Waals surface area contributed by atoms with Gasteiger partial charge < -0.3 is 14.5 Å². The number of aromatic nitrogens is 3. The SMILES string of the molecule is Cc1sc2c(c1C)C(c1ccc(Cl)cc1)=N[C@@H](CC(=O)NCCOc1ccc3c(ccc4occ(C5CCC(=O)NC5=O)c43)c1)c1nnc(C)n1-2. The highest BCUT2D eigenvalue weighted by Gasteiger charge is 2.33. The highest BCUT2D eigenvalue weighted by Crippen LogP contribution is 2.40. The van der Waals surface area contributed by atoms with Crippen LogP contribution in [0.5, 0.6) is 5.75 Å². The van der Waals surface area contributed by atoms with Crippen LogP contribution < -0.4 is 15.4 Å². The molecular formula is C38H33ClN6O5S. The predicted molar refractivity (Wildman–Crippen MR) is 195 cm³/mol. The van der Waals surface area contributed by atoms with Gasteiger partial charge in [0, 0.05) is 38.4 Å². The molecule has 6 aromatic rings. The highest BCUT2D eigenvalue weighted by atomic mass is 35.5. The zero-order valence-corrected chi connectivity index (χ0v) is 29.7. The zero-order chi connectivity index (χ0) is 35.4. The van der Waals surface area contributed by atoms with Gasteiger partial charge in [-0.25, -0.2) is 0 Å². The normalized spacial score (nSPS) is 17.1. The largest absolute Gasteiger partial charge is 0.492 e. The first kappa shape index (κ1) is 32.9. The number of nitrogens with one attached hydrogen (secondary N) is 2. The lowest BCUT2D eigenvalue weighted by atomic mass is 9.89. The number of benzene rings is 3. The molecule has 1 saturated heterocycles. The maximum Gasteiger partial charge on any atom is 0.234 e. The lowest BCUT2D eigenvalue weighted by molar-refractivity contribution is -0.134. The van der Waals surface area contributed by atoms with Gasteiger partial charge in [0.2, 0.25) is 17.7 Å². The van der Waals surface area contributed by atoms with Gasteiger partial charge in [0.25, 0.3) is 0 Å². The van der Waals surface area contributed by atoms with Crippen LogP contribution in [0.25, 0.3) is 26.7 Å². The Kier molecular flexibility index (Phi) is 8.43. The van der Waals surface area contributed by atoms with Crippen molar-refractivity contribution >= 4 is 68.1 Å². The Morgan fingerprint density at radius 1 is 1.10 bits per heavy atom. The van der Waals surface area contributed by atoms with E-state index >= 15 is 0 Å². The number of piperidine rings is 1. The number of hydrogen-bond donors (Lipinski definition) is 2. The topological polar surface area (TPSA) is 141 Å². The number of ether oxygens (including phenoxy) is 1. The maximum absolute atomic E-state index is 13.4. The summed E-state index contributed by atoms with van der Waals surface area (Å²) < 4.78 is 13.9. The number of thiophene rings is 1. The molecule has 0 saturated carbocycles. The van der Waals surface area contributed by atoms with Crippen LogP contribution >= 0.6 is 22.9 Å². The second-order valence-corrected chi connectivity index (χ2v) is 14.5. The van der Waals surface area contributed by atoms with E-state index in [2.05, 4.69) is 34.7 Å². The lowest BCUT2D eigenvalue weighted by Crippen LogP contribution is -2.39. The van der Waals surface area contributed by atoms with Gasteiger partial charge in [-0.15, -0.1) is 21.5 Å². The summed E-state index contributed by atoms with van der Waals surface area (Å²) in [6, 6.07) is 16.6. The third-order valence-electron chi connectivity index (χ3n) is 9.60. The van der Waals surface area contributed by atoms with Crippen molar-refractivity contribution in [2.24, 2.45) is 4.99 Å². The van der Waals surface area contributed by atoms with E-state index in [-0.39, 0.29) is 43.7 Å². The van der Waals surface area contributed by atoms with Crippen LogP contribution in [-0.2, 0) is 14.4 Å². The van der Waals surface area contributed by atoms with Gasteiger partial charge in [0.1, 0.15) is 34.8 Å². The molecule has 13 heteroatoms. The van der Waals surface area contributed by atoms with Crippen LogP contribution in [0.1, 0.15) is 70.0 Å². The summed E-state index contributed by atoms with van der Waals surface area (Å²) in [5.41, 5.74) is 5.28. The smallest absolute Gasteiger partial charge is 0.234 e. The summed E-state index contributed by atoms with van der Waals surface area (Å²) in [6.07, 6.45) is 2.42. The fourth-order valence-corrected chi connectivity index (χ4v) is 8.29. The average Bonchev–Trinajstić information content (AvgIpc) is 3.77. The Labute approximate surface area is 301 Å². The highest BCUT2D eigenvalue weighted by molar-refractivity contribution is 7.15. The molecule has 258 valence electrons. The molecule has 1 fully saturated rings. The number of halogens is 1. The van der Waals surface area contributed by atoms with Crippen LogP contribution in [0.2, 0.25) is 5.02 Å². The summed E-state index contributed by atoms with van der Waals surface area (Å²) in [7, 11) is 0. The molecule has 3 amide bonds. The summed E-state index contributed by atoms with van der Waals surface area (Å²) >= 11 is 7.89. The van der Waals surface area contributed by atoms with Crippen molar-refractivity contribution in [1.29, 1.82) is 0 Å². The molecule has 3 aromatic heterocycles. The summed E-state index contributed by atoms with van der Waals surface area (Å²) in [5, 5.41) is 18.6. The van der Waals surface area contributed by atoms with Crippen LogP contribution in [0.15, 0.2) is 70.3 Å². The molecule has 8 rings (SSSR count). The second kappa shape index (κ2) is 13.1. The number of aryl methyl sites for hydroxylation is 2. The lowest BCUT2D eigenvalue weighted by Gasteiger charge is -2.20. The van der Waals surface area contributed by atoms with Crippen molar-refractivity contribution in [2.75, 3.05) is 13.2 Å². The zero-order valence-electron chi connectivity index (χ0n) is 28.1. The number of aliphatic imine (C=N–C) groups is 1. The van der Waals surface area contributed by atoms with Gasteiger partial charge in [-0.05, 0) is 79.9 Å². The Morgan fingerprint density at radius 2 is 1.92 bits per heavy atom. The third-order valence-corrected chi connectivity index (χ3v) is 11.0. The minimum atomic E-state index is -0.567. The molecule has 0 spiro atoms. The molecule has 2 aliphatic heterocycles. The standard InChI is InChI=1S/C38H33ClN6O5S/c1-19-20(2)51-38-33(19)35(22-4-7-24(39)8-5-22)41-29(36-44-43-21(3)45(36)38)17-32(47)40-14-15-49-25-9-10-26-23(16-25)6-12-30-34(26)28(18-50-30)27-11-13-31(46)42-37(27)48/h4-10,12,16,18,27,29H,11,13-15,17H2,1-3H3,(H,40,47)(H,42,46,48)/t27?,29-/m0/s1. The van der Waals surface area contributed by atoms with Crippen molar-refractivity contribution in [2.45, 2.75) is 52.0 Å². The number of rotatable bonds is 8. The van der Waals surface area contributed by atoms with Crippen molar-refractivity contribution in [3.63, 3.8) is 0 Å². The second-order valence-electron chi connectivity index (χ2n) is 12.8. The molecule has 5 heterocycles. The molecule has 2 atom stereocenters. The number of furan rings is 1. The third kappa shape index (κ3) is 5.98. The van der Waals surface area contributed by atoms with Crippen molar-refractivity contribution < 1.29 is 23.5 Å². The minimum Gasteiger partial charge on any atom is -0.492 e. The number of amides is 3. The molecule has 3 aromatic carbocycles. The molecule has 0 radical (unpaired) electrons. The molecule has 2 aliphatic rings. The molecule has 11 nitrogen and oxygen atoms in total. The first-order valence-electron chi connectivity index (χ1n) is 16.7. The molecular weight excluding hydrogens is 688 g/mol. The number of fused-ring (bicyclic) bond motifs is 6. The van der Waals surface area contributed by atoms with Crippen molar-refractivity contribution in [3.05, 3.63) is 105 Å². The van der Waals surface area contributed by atoms with Crippen LogP contribution in [0.3, 0.4) is 0 Å². The predicted octanol–water partition coefficient (Wildman–Crippen LogP) is 6.80. The van der Waals surface area contributed by atoms with E-state index in [4.69, 9.17) is 25.7 Å². The van der Waals surface area contributed by atoms with Crippen LogP contribution in [0.4, 0.5) is 0 Å². The summed E-state index contributed by atoms with van der Waals surface area (Å²) in [6.45, 7) is 6.64. The number of nitrogens with zero attached hydrogens (tertiary/aromatic N) is 4. The van der Waals surface area contributed by atoms with E-state index in [1.807, 2.05) is 66.1 Å². The van der Waals surface area contributed by atoms with Gasteiger partial charge in [-0.1, -0.05) is 29.8 Å².